The van der Waals surface area contributed by atoms with E-state index in [2.05, 4.69) is 32.2 Å². The maximum atomic E-state index is 11.7. The SMILES string of the molecule is CN=C(NCC1CCN(c2ccccc2OC)C1)N1CCC(C(=O)OC)CC1.I. The molecule has 0 saturated carbocycles. The first kappa shape index (κ1) is 23.6. The number of carbonyl (C=O) groups is 1. The lowest BCUT2D eigenvalue weighted by molar-refractivity contribution is -0.146. The average Bonchev–Trinajstić information content (AvgIpc) is 3.23. The van der Waals surface area contributed by atoms with Crippen LogP contribution >= 0.6 is 24.0 Å². The Kier molecular flexibility index (Phi) is 9.32. The number of methoxy groups -OCH3 is 2. The number of para-hydroxylation sites is 2. The van der Waals surface area contributed by atoms with Crippen LogP contribution in [0.2, 0.25) is 0 Å². The Morgan fingerprint density at radius 3 is 2.55 bits per heavy atom. The van der Waals surface area contributed by atoms with E-state index in [0.717, 1.165) is 63.7 Å². The van der Waals surface area contributed by atoms with Gasteiger partial charge in [0.05, 0.1) is 25.8 Å². The molecule has 29 heavy (non-hydrogen) atoms. The van der Waals surface area contributed by atoms with Crippen LogP contribution in [0, 0.1) is 11.8 Å². The van der Waals surface area contributed by atoms with Crippen molar-refractivity contribution >= 4 is 41.6 Å². The third kappa shape index (κ3) is 5.90. The molecule has 1 unspecified atom stereocenters. The molecule has 0 spiro atoms. The molecule has 2 heterocycles. The van der Waals surface area contributed by atoms with Gasteiger partial charge in [-0.3, -0.25) is 9.79 Å². The number of halogens is 1. The van der Waals surface area contributed by atoms with Crippen molar-refractivity contribution < 1.29 is 14.3 Å². The van der Waals surface area contributed by atoms with E-state index in [4.69, 9.17) is 9.47 Å². The third-order valence-corrected chi connectivity index (χ3v) is 5.80. The zero-order valence-electron chi connectivity index (χ0n) is 17.6. The maximum Gasteiger partial charge on any atom is 0.308 e. The number of anilines is 1. The number of likely N-dealkylation sites (tertiary alicyclic amines) is 1. The van der Waals surface area contributed by atoms with Gasteiger partial charge in [0.1, 0.15) is 5.75 Å². The first-order valence-corrected chi connectivity index (χ1v) is 10.1. The fourth-order valence-corrected chi connectivity index (χ4v) is 4.17. The summed E-state index contributed by atoms with van der Waals surface area (Å²) in [5.41, 5.74) is 1.17. The number of guanidine groups is 1. The van der Waals surface area contributed by atoms with Crippen LogP contribution < -0.4 is 15.0 Å². The molecule has 162 valence electrons. The number of rotatable bonds is 5. The number of hydrogen-bond donors (Lipinski definition) is 1. The zero-order chi connectivity index (χ0) is 19.9. The van der Waals surface area contributed by atoms with Gasteiger partial charge in [0, 0.05) is 39.8 Å². The molecule has 0 aliphatic carbocycles. The Balaban J connectivity index is 0.00000300. The van der Waals surface area contributed by atoms with Crippen molar-refractivity contribution in [3.05, 3.63) is 24.3 Å². The molecule has 0 bridgehead atoms. The Bertz CT molecular complexity index is 692. The van der Waals surface area contributed by atoms with Gasteiger partial charge in [-0.1, -0.05) is 12.1 Å². The largest absolute Gasteiger partial charge is 0.495 e. The minimum Gasteiger partial charge on any atom is -0.495 e. The van der Waals surface area contributed by atoms with Crippen LogP contribution in [0.4, 0.5) is 5.69 Å². The topological polar surface area (TPSA) is 66.4 Å². The first-order chi connectivity index (χ1) is 13.7. The van der Waals surface area contributed by atoms with E-state index in [1.807, 2.05) is 19.2 Å². The molecule has 0 aromatic heterocycles. The summed E-state index contributed by atoms with van der Waals surface area (Å²) in [4.78, 5) is 20.8. The van der Waals surface area contributed by atoms with Crippen molar-refractivity contribution in [2.24, 2.45) is 16.8 Å². The molecule has 2 aliphatic heterocycles. The highest BCUT2D eigenvalue weighted by Gasteiger charge is 2.28. The highest BCUT2D eigenvalue weighted by Crippen LogP contribution is 2.31. The molecule has 1 aromatic rings. The van der Waals surface area contributed by atoms with Crippen molar-refractivity contribution in [2.45, 2.75) is 19.3 Å². The summed E-state index contributed by atoms with van der Waals surface area (Å²) in [6.45, 7) is 4.61. The molecule has 7 nitrogen and oxygen atoms in total. The molecule has 2 fully saturated rings. The quantitative estimate of drug-likeness (QED) is 0.281. The normalized spacial score (nSPS) is 20.2. The summed E-state index contributed by atoms with van der Waals surface area (Å²) in [5, 5.41) is 3.54. The van der Waals surface area contributed by atoms with E-state index in [0.29, 0.717) is 5.92 Å². The second-order valence-electron chi connectivity index (χ2n) is 7.49. The van der Waals surface area contributed by atoms with Crippen LogP contribution in [0.5, 0.6) is 5.75 Å². The average molecular weight is 516 g/mol. The van der Waals surface area contributed by atoms with E-state index < -0.39 is 0 Å². The van der Waals surface area contributed by atoms with Crippen molar-refractivity contribution in [1.29, 1.82) is 0 Å². The van der Waals surface area contributed by atoms with Gasteiger partial charge in [0.2, 0.25) is 0 Å². The summed E-state index contributed by atoms with van der Waals surface area (Å²) >= 11 is 0. The lowest BCUT2D eigenvalue weighted by Crippen LogP contribution is -2.47. The molecule has 3 rings (SSSR count). The fraction of sp³-hybridized carbons (Fsp3) is 0.619. The van der Waals surface area contributed by atoms with Crippen LogP contribution in [0.15, 0.2) is 29.3 Å². The third-order valence-electron chi connectivity index (χ3n) is 5.80. The molecular formula is C21H33IN4O3. The number of esters is 1. The summed E-state index contributed by atoms with van der Waals surface area (Å²) in [6, 6.07) is 8.20. The van der Waals surface area contributed by atoms with Crippen molar-refractivity contribution in [3.63, 3.8) is 0 Å². The maximum absolute atomic E-state index is 11.7. The van der Waals surface area contributed by atoms with Crippen molar-refractivity contribution in [3.8, 4) is 5.75 Å². The van der Waals surface area contributed by atoms with Gasteiger partial charge in [-0.25, -0.2) is 0 Å². The number of hydrogen-bond acceptors (Lipinski definition) is 5. The summed E-state index contributed by atoms with van der Waals surface area (Å²) in [5.74, 6) is 2.35. The van der Waals surface area contributed by atoms with Gasteiger partial charge in [-0.15, -0.1) is 24.0 Å². The summed E-state index contributed by atoms with van der Waals surface area (Å²) in [7, 11) is 5.01. The van der Waals surface area contributed by atoms with Crippen LogP contribution in [-0.4, -0.2) is 70.8 Å². The number of carbonyl (C=O) groups excluding carboxylic acids is 1. The lowest BCUT2D eigenvalue weighted by atomic mass is 9.97. The Hall–Kier alpha value is -1.71. The van der Waals surface area contributed by atoms with E-state index >= 15 is 0 Å². The molecule has 1 N–H and O–H groups in total. The van der Waals surface area contributed by atoms with Crippen LogP contribution in [-0.2, 0) is 9.53 Å². The second kappa shape index (κ2) is 11.5. The van der Waals surface area contributed by atoms with Gasteiger partial charge in [-0.2, -0.15) is 0 Å². The monoisotopic (exact) mass is 516 g/mol. The number of aliphatic imine (C=N–C) groups is 1. The number of piperidine rings is 1. The molecule has 1 atom stereocenters. The smallest absolute Gasteiger partial charge is 0.308 e. The summed E-state index contributed by atoms with van der Waals surface area (Å²) < 4.78 is 10.4. The van der Waals surface area contributed by atoms with Crippen LogP contribution in [0.25, 0.3) is 0 Å². The number of ether oxygens (including phenoxy) is 2. The van der Waals surface area contributed by atoms with Crippen molar-refractivity contribution in [2.75, 3.05) is 58.9 Å². The highest BCUT2D eigenvalue weighted by atomic mass is 127. The number of nitrogens with zero attached hydrogens (tertiary/aromatic N) is 3. The van der Waals surface area contributed by atoms with Gasteiger partial charge < -0.3 is 24.6 Å². The molecule has 2 saturated heterocycles. The highest BCUT2D eigenvalue weighted by molar-refractivity contribution is 14.0. The second-order valence-corrected chi connectivity index (χ2v) is 7.49. The molecule has 8 heteroatoms. The van der Waals surface area contributed by atoms with Gasteiger partial charge >= 0.3 is 5.97 Å². The molecule has 0 radical (unpaired) electrons. The first-order valence-electron chi connectivity index (χ1n) is 10.1. The number of nitrogens with one attached hydrogen (secondary N) is 1. The summed E-state index contributed by atoms with van der Waals surface area (Å²) in [6.07, 6.45) is 2.78. The Morgan fingerprint density at radius 2 is 1.90 bits per heavy atom. The molecular weight excluding hydrogens is 483 g/mol. The van der Waals surface area contributed by atoms with E-state index in [-0.39, 0.29) is 35.9 Å². The van der Waals surface area contributed by atoms with E-state index in [1.165, 1.54) is 12.8 Å². The minimum absolute atomic E-state index is 0. The van der Waals surface area contributed by atoms with E-state index in [1.54, 1.807) is 7.11 Å². The van der Waals surface area contributed by atoms with Gasteiger partial charge in [0.15, 0.2) is 5.96 Å². The van der Waals surface area contributed by atoms with Crippen molar-refractivity contribution in [1.82, 2.24) is 10.2 Å². The van der Waals surface area contributed by atoms with Crippen LogP contribution in [0.1, 0.15) is 19.3 Å². The lowest BCUT2D eigenvalue weighted by Gasteiger charge is -2.33. The predicted octanol–water partition coefficient (Wildman–Crippen LogP) is 2.60. The van der Waals surface area contributed by atoms with Crippen LogP contribution in [0.3, 0.4) is 0 Å². The Morgan fingerprint density at radius 1 is 1.17 bits per heavy atom. The number of benzene rings is 1. The standard InChI is InChI=1S/C21H32N4O3.HI/c1-22-21(24-12-9-17(10-13-24)20(26)28-3)23-14-16-8-11-25(15-16)18-6-4-5-7-19(18)27-2;/h4-7,16-17H,8-15H2,1-3H3,(H,22,23);1H. The molecule has 1 aromatic carbocycles. The zero-order valence-corrected chi connectivity index (χ0v) is 19.9. The van der Waals surface area contributed by atoms with E-state index in [9.17, 15) is 4.79 Å². The predicted molar refractivity (Wildman–Crippen MR) is 126 cm³/mol. The van der Waals surface area contributed by atoms with Gasteiger partial charge in [0.25, 0.3) is 0 Å². The molecule has 0 amide bonds. The molecule has 2 aliphatic rings. The fourth-order valence-electron chi connectivity index (χ4n) is 4.17. The minimum atomic E-state index is -0.0926. The Labute approximate surface area is 190 Å². The van der Waals surface area contributed by atoms with Gasteiger partial charge in [-0.05, 0) is 37.3 Å².